The number of anilines is 1. The second-order valence-corrected chi connectivity index (χ2v) is 4.16. The van der Waals surface area contributed by atoms with Crippen LogP contribution in [-0.2, 0) is 0 Å². The van der Waals surface area contributed by atoms with Crippen LogP contribution in [0.3, 0.4) is 0 Å². The van der Waals surface area contributed by atoms with Gasteiger partial charge in [0.25, 0.3) is 0 Å². The van der Waals surface area contributed by atoms with E-state index >= 15 is 0 Å². The molecule has 0 aromatic heterocycles. The van der Waals surface area contributed by atoms with E-state index in [4.69, 9.17) is 5.11 Å². The van der Waals surface area contributed by atoms with Crippen molar-refractivity contribution in [2.45, 2.75) is 13.3 Å². The van der Waals surface area contributed by atoms with Gasteiger partial charge in [-0.1, -0.05) is 13.0 Å². The van der Waals surface area contributed by atoms with Crippen molar-refractivity contribution in [3.8, 4) is 0 Å². The molecule has 108 valence electrons. The molecule has 1 aromatic rings. The molecule has 0 fully saturated rings. The minimum absolute atomic E-state index is 0.0639. The Bertz CT molecular complexity index is 517. The lowest BCUT2D eigenvalue weighted by atomic mass is 10.1. The molecule has 0 spiro atoms. The summed E-state index contributed by atoms with van der Waals surface area (Å²) in [7, 11) is 0. The Hall–Kier alpha value is -2.37. The van der Waals surface area contributed by atoms with Crippen molar-refractivity contribution in [3.63, 3.8) is 0 Å². The first kappa shape index (κ1) is 15.7. The number of nitrogens with zero attached hydrogens (tertiary/aromatic N) is 1. The van der Waals surface area contributed by atoms with Gasteiger partial charge in [0.15, 0.2) is 0 Å². The molecular formula is C14H17FN2O3. The van der Waals surface area contributed by atoms with Gasteiger partial charge < -0.3 is 15.3 Å². The van der Waals surface area contributed by atoms with Crippen LogP contribution in [0.2, 0.25) is 0 Å². The van der Waals surface area contributed by atoms with E-state index in [1.807, 2.05) is 6.92 Å². The first-order valence-corrected chi connectivity index (χ1v) is 6.19. The number of carbonyl (C=O) groups excluding carboxylic acids is 1. The molecule has 1 aromatic carbocycles. The summed E-state index contributed by atoms with van der Waals surface area (Å²) in [6.45, 7) is 6.35. The molecule has 0 saturated heterocycles. The van der Waals surface area contributed by atoms with Gasteiger partial charge in [0.2, 0.25) is 0 Å². The molecule has 0 radical (unpaired) electrons. The van der Waals surface area contributed by atoms with Crippen LogP contribution in [0.25, 0.3) is 0 Å². The van der Waals surface area contributed by atoms with Gasteiger partial charge in [-0.05, 0) is 24.6 Å². The number of nitrogens with one attached hydrogen (secondary N) is 1. The molecule has 0 atom stereocenters. The Morgan fingerprint density at radius 2 is 2.20 bits per heavy atom. The summed E-state index contributed by atoms with van der Waals surface area (Å²) in [6.07, 6.45) is 2.34. The standard InChI is InChI=1S/C14H17FN2O3/c1-3-7-17(8-4-2)14(20)16-12-6-5-10(15)9-11(12)13(18)19/h3,5-6,9H,1,4,7-8H2,2H3,(H,16,20)(H,18,19). The van der Waals surface area contributed by atoms with E-state index in [1.165, 1.54) is 11.0 Å². The summed E-state index contributed by atoms with van der Waals surface area (Å²) in [5.74, 6) is -1.97. The Labute approximate surface area is 116 Å². The fourth-order valence-electron chi connectivity index (χ4n) is 1.70. The highest BCUT2D eigenvalue weighted by molar-refractivity contribution is 6.00. The van der Waals surface area contributed by atoms with Gasteiger partial charge in [-0.15, -0.1) is 6.58 Å². The van der Waals surface area contributed by atoms with Crippen LogP contribution in [0.5, 0.6) is 0 Å². The van der Waals surface area contributed by atoms with Crippen molar-refractivity contribution in [2.75, 3.05) is 18.4 Å². The molecular weight excluding hydrogens is 263 g/mol. The van der Waals surface area contributed by atoms with Crippen LogP contribution >= 0.6 is 0 Å². The number of hydrogen-bond acceptors (Lipinski definition) is 2. The number of benzene rings is 1. The predicted octanol–water partition coefficient (Wildman–Crippen LogP) is 2.95. The Morgan fingerprint density at radius 1 is 1.50 bits per heavy atom. The van der Waals surface area contributed by atoms with Crippen LogP contribution < -0.4 is 5.32 Å². The van der Waals surface area contributed by atoms with E-state index in [0.717, 1.165) is 18.6 Å². The molecule has 2 amide bonds. The molecule has 5 nitrogen and oxygen atoms in total. The monoisotopic (exact) mass is 280 g/mol. The third kappa shape index (κ3) is 4.08. The number of carbonyl (C=O) groups is 2. The largest absolute Gasteiger partial charge is 0.478 e. The van der Waals surface area contributed by atoms with Crippen molar-refractivity contribution >= 4 is 17.7 Å². The normalized spacial score (nSPS) is 9.90. The molecule has 1 rings (SSSR count). The van der Waals surface area contributed by atoms with Crippen LogP contribution in [0.1, 0.15) is 23.7 Å². The highest BCUT2D eigenvalue weighted by atomic mass is 19.1. The summed E-state index contributed by atoms with van der Waals surface area (Å²) in [5.41, 5.74) is -0.220. The van der Waals surface area contributed by atoms with Crippen molar-refractivity contribution in [3.05, 3.63) is 42.2 Å². The smallest absolute Gasteiger partial charge is 0.337 e. The molecule has 0 aliphatic carbocycles. The van der Waals surface area contributed by atoms with Gasteiger partial charge in [-0.25, -0.2) is 14.0 Å². The van der Waals surface area contributed by atoms with Crippen molar-refractivity contribution in [2.24, 2.45) is 0 Å². The minimum Gasteiger partial charge on any atom is -0.478 e. The fraction of sp³-hybridized carbons (Fsp3) is 0.286. The number of hydrogen-bond donors (Lipinski definition) is 2. The molecule has 0 aliphatic rings. The van der Waals surface area contributed by atoms with E-state index in [9.17, 15) is 14.0 Å². The predicted molar refractivity (Wildman–Crippen MR) is 74.4 cm³/mol. The van der Waals surface area contributed by atoms with E-state index in [1.54, 1.807) is 6.08 Å². The number of amides is 2. The number of carboxylic acids is 1. The third-order valence-electron chi connectivity index (χ3n) is 2.58. The Kier molecular flexibility index (Phi) is 5.71. The molecule has 20 heavy (non-hydrogen) atoms. The van der Waals surface area contributed by atoms with Crippen LogP contribution in [0.15, 0.2) is 30.9 Å². The van der Waals surface area contributed by atoms with Crippen molar-refractivity contribution < 1.29 is 19.1 Å². The van der Waals surface area contributed by atoms with Gasteiger partial charge in [0, 0.05) is 13.1 Å². The second kappa shape index (κ2) is 7.28. The highest BCUT2D eigenvalue weighted by Crippen LogP contribution is 2.17. The third-order valence-corrected chi connectivity index (χ3v) is 2.58. The van der Waals surface area contributed by atoms with Crippen LogP contribution in [-0.4, -0.2) is 35.1 Å². The van der Waals surface area contributed by atoms with E-state index in [0.29, 0.717) is 13.1 Å². The molecule has 0 saturated carbocycles. The maximum absolute atomic E-state index is 13.0. The van der Waals surface area contributed by atoms with Crippen molar-refractivity contribution in [1.29, 1.82) is 0 Å². The molecule has 0 unspecified atom stereocenters. The van der Waals surface area contributed by atoms with Gasteiger partial charge in [-0.3, -0.25) is 0 Å². The SMILES string of the molecule is C=CCN(CCC)C(=O)Nc1ccc(F)cc1C(=O)O. The van der Waals surface area contributed by atoms with Crippen molar-refractivity contribution in [1.82, 2.24) is 4.90 Å². The quantitative estimate of drug-likeness (QED) is 0.787. The van der Waals surface area contributed by atoms with E-state index in [-0.39, 0.29) is 11.3 Å². The molecule has 0 aliphatic heterocycles. The van der Waals surface area contributed by atoms with Gasteiger partial charge in [0.05, 0.1) is 11.3 Å². The number of carboxylic acid groups (broad SMARTS) is 1. The lowest BCUT2D eigenvalue weighted by molar-refractivity contribution is 0.0697. The van der Waals surface area contributed by atoms with E-state index in [2.05, 4.69) is 11.9 Å². The maximum atomic E-state index is 13.0. The number of aromatic carboxylic acids is 1. The van der Waals surface area contributed by atoms with Gasteiger partial charge in [-0.2, -0.15) is 0 Å². The highest BCUT2D eigenvalue weighted by Gasteiger charge is 2.16. The number of urea groups is 1. The summed E-state index contributed by atoms with van der Waals surface area (Å²) in [4.78, 5) is 24.5. The Morgan fingerprint density at radius 3 is 2.75 bits per heavy atom. The molecule has 0 bridgehead atoms. The lowest BCUT2D eigenvalue weighted by Crippen LogP contribution is -2.36. The summed E-state index contributed by atoms with van der Waals surface area (Å²) >= 11 is 0. The van der Waals surface area contributed by atoms with Crippen LogP contribution in [0.4, 0.5) is 14.9 Å². The average Bonchev–Trinajstić information content (AvgIpc) is 2.40. The average molecular weight is 280 g/mol. The van der Waals surface area contributed by atoms with Gasteiger partial charge >= 0.3 is 12.0 Å². The summed E-state index contributed by atoms with van der Waals surface area (Å²) in [5, 5.41) is 11.5. The second-order valence-electron chi connectivity index (χ2n) is 4.16. The van der Waals surface area contributed by atoms with Crippen LogP contribution in [0, 0.1) is 5.82 Å². The zero-order valence-electron chi connectivity index (χ0n) is 11.2. The maximum Gasteiger partial charge on any atom is 0.337 e. The first-order valence-electron chi connectivity index (χ1n) is 6.19. The van der Waals surface area contributed by atoms with Gasteiger partial charge in [0.1, 0.15) is 5.82 Å². The van der Waals surface area contributed by atoms with E-state index < -0.39 is 17.8 Å². The Balaban J connectivity index is 2.94. The zero-order valence-corrected chi connectivity index (χ0v) is 11.2. The summed E-state index contributed by atoms with van der Waals surface area (Å²) in [6, 6.07) is 2.75. The number of halogens is 1. The molecule has 0 heterocycles. The molecule has 6 heteroatoms. The first-order chi connectivity index (χ1) is 9.49. The minimum atomic E-state index is -1.30. The summed E-state index contributed by atoms with van der Waals surface area (Å²) < 4.78 is 13.0. The number of rotatable bonds is 6. The zero-order chi connectivity index (χ0) is 15.1. The lowest BCUT2D eigenvalue weighted by Gasteiger charge is -2.21. The fourth-order valence-corrected chi connectivity index (χ4v) is 1.70. The topological polar surface area (TPSA) is 69.6 Å². The molecule has 2 N–H and O–H groups in total.